The maximum atomic E-state index is 12.7. The molecule has 1 N–H and O–H groups in total. The molecule has 0 spiro atoms. The van der Waals surface area contributed by atoms with Crippen LogP contribution >= 0.6 is 0 Å². The summed E-state index contributed by atoms with van der Waals surface area (Å²) in [6, 6.07) is 9.67. The second-order valence-corrected chi connectivity index (χ2v) is 6.61. The number of amides is 2. The number of benzene rings is 1. The molecule has 0 radical (unpaired) electrons. The molecule has 1 aromatic carbocycles. The minimum atomic E-state index is -0.489. The maximum absolute atomic E-state index is 12.7. The Kier molecular flexibility index (Phi) is 3.76. The molecule has 2 saturated heterocycles. The van der Waals surface area contributed by atoms with E-state index < -0.39 is 12.1 Å². The number of aliphatic hydroxyl groups excluding tert-OH is 1. The minimum absolute atomic E-state index is 0.0103. The first-order chi connectivity index (χ1) is 11.6. The molecule has 126 valence electrons. The number of carbonyl (C=O) groups excluding carboxylic acids is 2. The number of nitrogens with zero attached hydrogens (tertiary/aromatic N) is 3. The summed E-state index contributed by atoms with van der Waals surface area (Å²) < 4.78 is 2.11. The Labute approximate surface area is 140 Å². The van der Waals surface area contributed by atoms with Crippen molar-refractivity contribution in [1.29, 1.82) is 0 Å². The maximum Gasteiger partial charge on any atom is 0.246 e. The number of piperazine rings is 1. The standard InChI is InChI=1S/C18H21N3O3/c22-14-6-8-21-16(11-14)18(24)20(12-17(21)23)10-9-19-7-5-13-3-1-2-4-15(13)19/h1-5,7,14,16,22H,6,8-12H2/t14-,16+/m0/s1. The van der Waals surface area contributed by atoms with E-state index in [1.807, 2.05) is 18.3 Å². The van der Waals surface area contributed by atoms with Crippen LogP contribution in [0.3, 0.4) is 0 Å². The van der Waals surface area contributed by atoms with E-state index in [-0.39, 0.29) is 18.4 Å². The first kappa shape index (κ1) is 15.2. The molecule has 3 heterocycles. The van der Waals surface area contributed by atoms with Crippen molar-refractivity contribution >= 4 is 22.7 Å². The Morgan fingerprint density at radius 2 is 1.96 bits per heavy atom. The number of aliphatic hydroxyl groups is 1. The zero-order chi connectivity index (χ0) is 16.7. The van der Waals surface area contributed by atoms with Crippen LogP contribution < -0.4 is 0 Å². The highest BCUT2D eigenvalue weighted by atomic mass is 16.3. The summed E-state index contributed by atoms with van der Waals surface area (Å²) in [5, 5.41) is 11.0. The van der Waals surface area contributed by atoms with E-state index in [1.54, 1.807) is 9.80 Å². The quantitative estimate of drug-likeness (QED) is 0.908. The summed E-state index contributed by atoms with van der Waals surface area (Å²) in [4.78, 5) is 28.3. The third kappa shape index (κ3) is 2.57. The average Bonchev–Trinajstić information content (AvgIpc) is 3.00. The second-order valence-electron chi connectivity index (χ2n) is 6.61. The number of carbonyl (C=O) groups is 2. The first-order valence-electron chi connectivity index (χ1n) is 8.43. The molecule has 2 amide bonds. The lowest BCUT2D eigenvalue weighted by molar-refractivity contribution is -0.160. The molecular formula is C18H21N3O3. The molecule has 0 unspecified atom stereocenters. The summed E-state index contributed by atoms with van der Waals surface area (Å²) in [6.45, 7) is 1.78. The highest BCUT2D eigenvalue weighted by molar-refractivity contribution is 5.95. The van der Waals surface area contributed by atoms with Gasteiger partial charge in [-0.1, -0.05) is 18.2 Å². The van der Waals surface area contributed by atoms with Crippen LogP contribution in [0.15, 0.2) is 36.5 Å². The van der Waals surface area contributed by atoms with Crippen molar-refractivity contribution in [3.8, 4) is 0 Å². The fraction of sp³-hybridized carbons (Fsp3) is 0.444. The number of hydrogen-bond donors (Lipinski definition) is 1. The highest BCUT2D eigenvalue weighted by Gasteiger charge is 2.42. The number of hydrogen-bond acceptors (Lipinski definition) is 3. The van der Waals surface area contributed by atoms with Gasteiger partial charge in [0.2, 0.25) is 11.8 Å². The van der Waals surface area contributed by atoms with Gasteiger partial charge >= 0.3 is 0 Å². The Bertz CT molecular complexity index is 785. The largest absolute Gasteiger partial charge is 0.393 e. The molecule has 24 heavy (non-hydrogen) atoms. The summed E-state index contributed by atoms with van der Waals surface area (Å²) in [5.41, 5.74) is 1.13. The first-order valence-corrected chi connectivity index (χ1v) is 8.43. The van der Waals surface area contributed by atoms with Crippen LogP contribution in [0.2, 0.25) is 0 Å². The van der Waals surface area contributed by atoms with Crippen molar-refractivity contribution in [3.05, 3.63) is 36.5 Å². The number of para-hydroxylation sites is 1. The number of aromatic nitrogens is 1. The van der Waals surface area contributed by atoms with E-state index >= 15 is 0 Å². The van der Waals surface area contributed by atoms with E-state index in [1.165, 1.54) is 5.39 Å². The van der Waals surface area contributed by atoms with Gasteiger partial charge in [-0.25, -0.2) is 0 Å². The number of rotatable bonds is 3. The van der Waals surface area contributed by atoms with Gasteiger partial charge in [-0.2, -0.15) is 0 Å². The van der Waals surface area contributed by atoms with Crippen LogP contribution in [0.25, 0.3) is 10.9 Å². The van der Waals surface area contributed by atoms with Crippen molar-refractivity contribution in [2.75, 3.05) is 19.6 Å². The van der Waals surface area contributed by atoms with Gasteiger partial charge in [-0.15, -0.1) is 0 Å². The molecule has 1 aromatic heterocycles. The smallest absolute Gasteiger partial charge is 0.246 e. The lowest BCUT2D eigenvalue weighted by Gasteiger charge is -2.44. The van der Waals surface area contributed by atoms with Crippen LogP contribution in [0.1, 0.15) is 12.8 Å². The molecule has 4 rings (SSSR count). The minimum Gasteiger partial charge on any atom is -0.393 e. The van der Waals surface area contributed by atoms with Gasteiger partial charge in [0.25, 0.3) is 0 Å². The van der Waals surface area contributed by atoms with Crippen LogP contribution in [0.5, 0.6) is 0 Å². The van der Waals surface area contributed by atoms with Gasteiger partial charge in [0.15, 0.2) is 0 Å². The third-order valence-electron chi connectivity index (χ3n) is 5.11. The summed E-state index contributed by atoms with van der Waals surface area (Å²) >= 11 is 0. The number of fused-ring (bicyclic) bond motifs is 2. The van der Waals surface area contributed by atoms with E-state index in [2.05, 4.69) is 22.8 Å². The zero-order valence-corrected chi connectivity index (χ0v) is 13.5. The summed E-state index contributed by atoms with van der Waals surface area (Å²) in [6.07, 6.45) is 2.44. The fourth-order valence-corrected chi connectivity index (χ4v) is 3.78. The zero-order valence-electron chi connectivity index (χ0n) is 13.5. The summed E-state index contributed by atoms with van der Waals surface area (Å²) in [7, 11) is 0. The Morgan fingerprint density at radius 1 is 1.12 bits per heavy atom. The van der Waals surface area contributed by atoms with Crippen molar-refractivity contribution in [3.63, 3.8) is 0 Å². The van der Waals surface area contributed by atoms with Crippen molar-refractivity contribution in [2.45, 2.75) is 31.5 Å². The second kappa shape index (κ2) is 5.94. The topological polar surface area (TPSA) is 65.8 Å². The van der Waals surface area contributed by atoms with Crippen LogP contribution in [-0.2, 0) is 16.1 Å². The Hall–Kier alpha value is -2.34. The van der Waals surface area contributed by atoms with E-state index in [0.29, 0.717) is 32.5 Å². The molecule has 2 aliphatic rings. The van der Waals surface area contributed by atoms with Gasteiger partial charge < -0.3 is 19.5 Å². The number of piperidine rings is 1. The molecule has 6 nitrogen and oxygen atoms in total. The van der Waals surface area contributed by atoms with Crippen LogP contribution in [0.4, 0.5) is 0 Å². The van der Waals surface area contributed by atoms with Gasteiger partial charge in [-0.05, 0) is 23.9 Å². The van der Waals surface area contributed by atoms with Crippen molar-refractivity contribution in [2.24, 2.45) is 0 Å². The van der Waals surface area contributed by atoms with Crippen molar-refractivity contribution < 1.29 is 14.7 Å². The lowest BCUT2D eigenvalue weighted by Crippen LogP contribution is -2.63. The van der Waals surface area contributed by atoms with E-state index in [9.17, 15) is 14.7 Å². The molecule has 2 atom stereocenters. The monoisotopic (exact) mass is 327 g/mol. The third-order valence-corrected chi connectivity index (χ3v) is 5.11. The van der Waals surface area contributed by atoms with Gasteiger partial charge in [0, 0.05) is 37.8 Å². The molecule has 2 aromatic rings. The van der Waals surface area contributed by atoms with Crippen LogP contribution in [-0.4, -0.2) is 63.1 Å². The predicted octanol–water partition coefficient (Wildman–Crippen LogP) is 0.835. The normalized spacial score (nSPS) is 24.5. The lowest BCUT2D eigenvalue weighted by atomic mass is 9.96. The SMILES string of the molecule is O=C1[C@H]2C[C@@H](O)CCN2C(=O)CN1CCn1ccc2ccccc21. The molecule has 0 aliphatic carbocycles. The van der Waals surface area contributed by atoms with Gasteiger partial charge in [0.05, 0.1) is 12.6 Å². The molecular weight excluding hydrogens is 306 g/mol. The van der Waals surface area contributed by atoms with Crippen LogP contribution in [0, 0.1) is 0 Å². The molecule has 6 heteroatoms. The highest BCUT2D eigenvalue weighted by Crippen LogP contribution is 2.24. The van der Waals surface area contributed by atoms with Gasteiger partial charge in [0.1, 0.15) is 6.04 Å². The Morgan fingerprint density at radius 3 is 2.83 bits per heavy atom. The van der Waals surface area contributed by atoms with Gasteiger partial charge in [-0.3, -0.25) is 9.59 Å². The van der Waals surface area contributed by atoms with E-state index in [4.69, 9.17) is 0 Å². The molecule has 0 saturated carbocycles. The fourth-order valence-electron chi connectivity index (χ4n) is 3.78. The van der Waals surface area contributed by atoms with E-state index in [0.717, 1.165) is 5.52 Å². The Balaban J connectivity index is 1.48. The molecule has 0 bridgehead atoms. The summed E-state index contributed by atoms with van der Waals surface area (Å²) in [5.74, 6) is -0.0475. The predicted molar refractivity (Wildman–Crippen MR) is 89.3 cm³/mol. The molecule has 2 aliphatic heterocycles. The molecule has 2 fully saturated rings. The average molecular weight is 327 g/mol. The van der Waals surface area contributed by atoms with Crippen molar-refractivity contribution in [1.82, 2.24) is 14.4 Å².